The molecule has 0 radical (unpaired) electrons. The van der Waals surface area contributed by atoms with Gasteiger partial charge in [0, 0.05) is 0 Å². The Balaban J connectivity index is 0. The number of hydrogen-bond acceptors (Lipinski definition) is 2. The summed E-state index contributed by atoms with van der Waals surface area (Å²) in [5, 5.41) is 9.70. The standard InChI is InChI=1S/C3H5N3.C3H8.C2H6/c1-3-2-4-6-5-3;1-3-2;1-2/h2H,1H3,(H,4,5,6);3H2,1-2H3;1-2H3. The minimum absolute atomic E-state index is 0.926. The Morgan fingerprint density at radius 2 is 1.82 bits per heavy atom. The Morgan fingerprint density at radius 1 is 1.36 bits per heavy atom. The largest absolute Gasteiger partial charge is 0.198 e. The lowest BCUT2D eigenvalue weighted by atomic mass is 10.6. The maximum Gasteiger partial charge on any atom is 0.0793 e. The van der Waals surface area contributed by atoms with E-state index >= 15 is 0 Å². The van der Waals surface area contributed by atoms with Crippen molar-refractivity contribution in [1.82, 2.24) is 15.4 Å². The van der Waals surface area contributed by atoms with Crippen molar-refractivity contribution in [1.29, 1.82) is 0 Å². The summed E-state index contributed by atoms with van der Waals surface area (Å²) >= 11 is 0. The lowest BCUT2D eigenvalue weighted by Gasteiger charge is -1.62. The van der Waals surface area contributed by atoms with Crippen molar-refractivity contribution in [2.75, 3.05) is 0 Å². The van der Waals surface area contributed by atoms with E-state index in [9.17, 15) is 0 Å². The van der Waals surface area contributed by atoms with Gasteiger partial charge in [-0.1, -0.05) is 34.1 Å². The third kappa shape index (κ3) is 12.4. The Morgan fingerprint density at radius 3 is 1.91 bits per heavy atom. The van der Waals surface area contributed by atoms with E-state index in [1.54, 1.807) is 6.20 Å². The second kappa shape index (κ2) is 11.9. The third-order valence-corrected chi connectivity index (χ3v) is 0.535. The van der Waals surface area contributed by atoms with E-state index in [-0.39, 0.29) is 0 Å². The van der Waals surface area contributed by atoms with Gasteiger partial charge < -0.3 is 0 Å². The Labute approximate surface area is 69.2 Å². The van der Waals surface area contributed by atoms with E-state index in [1.165, 1.54) is 6.42 Å². The molecule has 0 bridgehead atoms. The van der Waals surface area contributed by atoms with Crippen LogP contribution in [-0.2, 0) is 0 Å². The van der Waals surface area contributed by atoms with Gasteiger partial charge in [-0.15, -0.1) is 0 Å². The van der Waals surface area contributed by atoms with E-state index in [0.717, 1.165) is 5.69 Å². The van der Waals surface area contributed by atoms with Crippen molar-refractivity contribution < 1.29 is 0 Å². The summed E-state index contributed by atoms with van der Waals surface area (Å²) in [7, 11) is 0. The molecular weight excluding hydrogens is 138 g/mol. The summed E-state index contributed by atoms with van der Waals surface area (Å²) in [6.07, 6.45) is 2.92. The van der Waals surface area contributed by atoms with Crippen LogP contribution in [-0.4, -0.2) is 15.4 Å². The van der Waals surface area contributed by atoms with Gasteiger partial charge in [0.25, 0.3) is 0 Å². The van der Waals surface area contributed by atoms with Gasteiger partial charge in [-0.25, -0.2) is 0 Å². The number of aryl methyl sites for hydroxylation is 1. The molecule has 1 N–H and O–H groups in total. The first-order valence-corrected chi connectivity index (χ1v) is 4.13. The molecule has 1 rings (SSSR count). The molecule has 0 saturated carbocycles. The van der Waals surface area contributed by atoms with Gasteiger partial charge in [-0.05, 0) is 6.92 Å². The topological polar surface area (TPSA) is 41.6 Å². The highest BCUT2D eigenvalue weighted by atomic mass is 15.3. The second-order valence-electron chi connectivity index (χ2n) is 1.82. The monoisotopic (exact) mass is 157 g/mol. The van der Waals surface area contributed by atoms with Crippen LogP contribution < -0.4 is 0 Å². The summed E-state index contributed by atoms with van der Waals surface area (Å²) < 4.78 is 0. The summed E-state index contributed by atoms with van der Waals surface area (Å²) in [5.74, 6) is 0. The first kappa shape index (κ1) is 12.8. The van der Waals surface area contributed by atoms with Crippen molar-refractivity contribution in [3.8, 4) is 0 Å². The normalized spacial score (nSPS) is 7.00. The predicted molar refractivity (Wildman–Crippen MR) is 48.4 cm³/mol. The van der Waals surface area contributed by atoms with E-state index in [1.807, 2.05) is 20.8 Å². The fourth-order valence-corrected chi connectivity index (χ4v) is 0.259. The lowest BCUT2D eigenvalue weighted by molar-refractivity contribution is 0.928. The summed E-state index contributed by atoms with van der Waals surface area (Å²) in [6, 6.07) is 0. The molecule has 0 unspecified atom stereocenters. The fourth-order valence-electron chi connectivity index (χ4n) is 0.259. The maximum absolute atomic E-state index is 3.68. The van der Waals surface area contributed by atoms with Crippen molar-refractivity contribution in [2.45, 2.75) is 41.0 Å². The number of aromatic nitrogens is 3. The molecule has 11 heavy (non-hydrogen) atoms. The highest BCUT2D eigenvalue weighted by Gasteiger charge is 1.76. The number of H-pyrrole nitrogens is 1. The molecule has 0 aromatic carbocycles. The van der Waals surface area contributed by atoms with Gasteiger partial charge >= 0.3 is 0 Å². The zero-order chi connectivity index (χ0) is 9.11. The molecule has 1 aromatic rings. The molecule has 0 spiro atoms. The molecule has 0 saturated heterocycles. The van der Waals surface area contributed by atoms with Gasteiger partial charge in [0.2, 0.25) is 0 Å². The van der Waals surface area contributed by atoms with Gasteiger partial charge in [-0.3, -0.25) is 0 Å². The smallest absolute Gasteiger partial charge is 0.0793 e. The number of rotatable bonds is 0. The average molecular weight is 157 g/mol. The van der Waals surface area contributed by atoms with Crippen molar-refractivity contribution in [3.05, 3.63) is 11.9 Å². The Hall–Kier alpha value is -0.860. The van der Waals surface area contributed by atoms with E-state index in [0.29, 0.717) is 0 Å². The molecule has 66 valence electrons. The number of nitrogens with zero attached hydrogens (tertiary/aromatic N) is 2. The highest BCUT2D eigenvalue weighted by Crippen LogP contribution is 1.77. The molecule has 1 heterocycles. The van der Waals surface area contributed by atoms with Crippen LogP contribution in [0.2, 0.25) is 0 Å². The molecular formula is C8H19N3. The van der Waals surface area contributed by atoms with Gasteiger partial charge in [0.05, 0.1) is 11.9 Å². The van der Waals surface area contributed by atoms with Crippen molar-refractivity contribution in [3.63, 3.8) is 0 Å². The molecule has 3 nitrogen and oxygen atoms in total. The molecule has 0 aliphatic carbocycles. The van der Waals surface area contributed by atoms with Gasteiger partial charge in [-0.2, -0.15) is 15.4 Å². The quantitative estimate of drug-likeness (QED) is 0.628. The average Bonchev–Trinajstić information content (AvgIpc) is 2.46. The van der Waals surface area contributed by atoms with E-state index in [4.69, 9.17) is 0 Å². The molecule has 0 amide bonds. The number of aromatic amines is 1. The SMILES string of the molecule is CC.CCC.Cc1cn[nH]n1. The second-order valence-corrected chi connectivity index (χ2v) is 1.82. The van der Waals surface area contributed by atoms with Gasteiger partial charge in [0.1, 0.15) is 0 Å². The minimum atomic E-state index is 0.926. The molecule has 0 atom stereocenters. The van der Waals surface area contributed by atoms with Crippen LogP contribution in [0.1, 0.15) is 39.8 Å². The summed E-state index contributed by atoms with van der Waals surface area (Å²) in [4.78, 5) is 0. The molecule has 1 aromatic heterocycles. The van der Waals surface area contributed by atoms with Crippen molar-refractivity contribution >= 4 is 0 Å². The first-order valence-electron chi connectivity index (χ1n) is 4.13. The van der Waals surface area contributed by atoms with Crippen molar-refractivity contribution in [2.24, 2.45) is 0 Å². The lowest BCUT2D eigenvalue weighted by Crippen LogP contribution is -1.66. The minimum Gasteiger partial charge on any atom is -0.198 e. The molecule has 3 heteroatoms. The predicted octanol–water partition coefficient (Wildman–Crippen LogP) is 2.56. The molecule has 0 aliphatic heterocycles. The van der Waals surface area contributed by atoms with Crippen LogP contribution in [0, 0.1) is 6.92 Å². The Kier molecular flexibility index (Phi) is 13.8. The van der Waals surface area contributed by atoms with Crippen LogP contribution in [0.15, 0.2) is 6.20 Å². The van der Waals surface area contributed by atoms with Crippen LogP contribution in [0.5, 0.6) is 0 Å². The summed E-state index contributed by atoms with van der Waals surface area (Å²) in [6.45, 7) is 10.1. The summed E-state index contributed by atoms with van der Waals surface area (Å²) in [5.41, 5.74) is 0.926. The van der Waals surface area contributed by atoms with Gasteiger partial charge in [0.15, 0.2) is 0 Å². The molecule has 0 fully saturated rings. The zero-order valence-corrected chi connectivity index (χ0v) is 8.18. The number of nitrogens with one attached hydrogen (secondary N) is 1. The fraction of sp³-hybridized carbons (Fsp3) is 0.750. The Bertz CT molecular complexity index is 124. The van der Waals surface area contributed by atoms with Crippen LogP contribution in [0.25, 0.3) is 0 Å². The number of hydrogen-bond donors (Lipinski definition) is 1. The van der Waals surface area contributed by atoms with Crippen LogP contribution in [0.4, 0.5) is 0 Å². The third-order valence-electron chi connectivity index (χ3n) is 0.535. The van der Waals surface area contributed by atoms with Crippen LogP contribution in [0.3, 0.4) is 0 Å². The zero-order valence-electron chi connectivity index (χ0n) is 8.18. The first-order chi connectivity index (χ1) is 5.31. The van der Waals surface area contributed by atoms with E-state index < -0.39 is 0 Å². The molecule has 0 aliphatic rings. The van der Waals surface area contributed by atoms with E-state index in [2.05, 4.69) is 29.3 Å². The highest BCUT2D eigenvalue weighted by molar-refractivity contribution is 4.82. The maximum atomic E-state index is 3.68. The van der Waals surface area contributed by atoms with Crippen LogP contribution >= 0.6 is 0 Å².